The van der Waals surface area contributed by atoms with Crippen LogP contribution in [0.25, 0.3) is 56.9 Å². The second-order valence-electron chi connectivity index (χ2n) is 6.93. The summed E-state index contributed by atoms with van der Waals surface area (Å²) >= 11 is 1.62. The smallest absolute Gasteiger partial charge is 0.125 e. The van der Waals surface area contributed by atoms with E-state index in [1.807, 2.05) is 48.0 Å². The molecule has 140 valence electrons. The molecular weight excluding hydrogens is 444 g/mol. The van der Waals surface area contributed by atoms with Crippen LogP contribution >= 0.6 is 11.3 Å². The summed E-state index contributed by atoms with van der Waals surface area (Å²) in [5.74, 6) is 0. The van der Waals surface area contributed by atoms with Crippen LogP contribution in [-0.4, -0.2) is 24.9 Å². The monoisotopic (exact) mass is 457 g/mol. The Bertz CT molecular complexity index is 1460. The Balaban J connectivity index is 0.00000193. The molecule has 8 bridgehead atoms. The number of nitrogens with one attached hydrogen (secondary N) is 2. The molecule has 0 radical (unpaired) electrons. The van der Waals surface area contributed by atoms with E-state index in [1.54, 1.807) is 11.3 Å². The number of rotatable bonds is 1. The number of hydrogen-bond acceptors (Lipinski definition) is 4. The summed E-state index contributed by atoms with van der Waals surface area (Å²) in [7, 11) is 0. The van der Waals surface area contributed by atoms with Gasteiger partial charge in [0.05, 0.1) is 28.3 Å². The van der Waals surface area contributed by atoms with Gasteiger partial charge < -0.3 is 9.97 Å². The predicted molar refractivity (Wildman–Crippen MR) is 120 cm³/mol. The number of thiazole rings is 1. The Kier molecular flexibility index (Phi) is 4.77. The number of fused-ring (bicyclic) bond motifs is 8. The van der Waals surface area contributed by atoms with Crippen LogP contribution < -0.4 is 0 Å². The zero-order chi connectivity index (χ0) is 19.2. The second-order valence-corrected chi connectivity index (χ2v) is 7.82. The van der Waals surface area contributed by atoms with Gasteiger partial charge in [0.2, 0.25) is 0 Å². The molecule has 0 aromatic carbocycles. The van der Waals surface area contributed by atoms with E-state index in [9.17, 15) is 0 Å². The van der Waals surface area contributed by atoms with Gasteiger partial charge in [0, 0.05) is 53.2 Å². The van der Waals surface area contributed by atoms with Crippen LogP contribution in [0.4, 0.5) is 0 Å². The molecule has 0 saturated carbocycles. The van der Waals surface area contributed by atoms with Gasteiger partial charge in [-0.3, -0.25) is 0 Å². The Morgan fingerprint density at radius 3 is 1.87 bits per heavy atom. The van der Waals surface area contributed by atoms with Gasteiger partial charge >= 0.3 is 0 Å². The Hall–Kier alpha value is -3.15. The summed E-state index contributed by atoms with van der Waals surface area (Å²) < 4.78 is 0. The van der Waals surface area contributed by atoms with Crippen molar-refractivity contribution in [2.45, 2.75) is 0 Å². The third kappa shape index (κ3) is 3.58. The first-order valence-electron chi connectivity index (χ1n) is 9.27. The number of nitrogens with zero attached hydrogens (tertiary/aromatic N) is 3. The van der Waals surface area contributed by atoms with Crippen LogP contribution in [0.3, 0.4) is 0 Å². The molecule has 2 N–H and O–H groups in total. The van der Waals surface area contributed by atoms with Gasteiger partial charge in [0.15, 0.2) is 0 Å². The van der Waals surface area contributed by atoms with Crippen LogP contribution in [0.2, 0.25) is 0 Å². The molecular formula is C23H15N5SZn. The molecule has 4 aromatic heterocycles. The number of aromatic amines is 2. The van der Waals surface area contributed by atoms with Gasteiger partial charge in [-0.25, -0.2) is 15.0 Å². The summed E-state index contributed by atoms with van der Waals surface area (Å²) in [6, 6.07) is 14.4. The van der Waals surface area contributed by atoms with Crippen molar-refractivity contribution in [2.24, 2.45) is 0 Å². The molecule has 5 nitrogen and oxygen atoms in total. The minimum Gasteiger partial charge on any atom is -0.355 e. The van der Waals surface area contributed by atoms with E-state index in [0.717, 1.165) is 55.4 Å². The molecule has 6 rings (SSSR count). The number of hydrogen-bond donors (Lipinski definition) is 2. The van der Waals surface area contributed by atoms with E-state index in [0.29, 0.717) is 0 Å². The van der Waals surface area contributed by atoms with Gasteiger partial charge in [0.1, 0.15) is 5.01 Å². The van der Waals surface area contributed by atoms with E-state index in [-0.39, 0.29) is 19.5 Å². The molecule has 30 heavy (non-hydrogen) atoms. The quantitative estimate of drug-likeness (QED) is 0.307. The third-order valence-electron chi connectivity index (χ3n) is 4.83. The second kappa shape index (κ2) is 7.60. The van der Waals surface area contributed by atoms with Crippen LogP contribution in [0.1, 0.15) is 22.8 Å². The van der Waals surface area contributed by atoms with Crippen molar-refractivity contribution < 1.29 is 19.5 Å². The minimum absolute atomic E-state index is 0. The fraction of sp³-hybridized carbons (Fsp3) is 0. The summed E-state index contributed by atoms with van der Waals surface area (Å²) in [6.07, 6.45) is 9.93. The Morgan fingerprint density at radius 2 is 1.27 bits per heavy atom. The maximum absolute atomic E-state index is 4.74. The molecule has 0 fully saturated rings. The molecule has 0 spiro atoms. The van der Waals surface area contributed by atoms with E-state index in [2.05, 4.69) is 45.3 Å². The van der Waals surface area contributed by atoms with Crippen LogP contribution in [0, 0.1) is 0 Å². The molecule has 0 unspecified atom stereocenters. The van der Waals surface area contributed by atoms with Gasteiger partial charge in [-0.05, 0) is 66.8 Å². The van der Waals surface area contributed by atoms with E-state index in [4.69, 9.17) is 9.97 Å². The number of H-pyrrole nitrogens is 2. The molecule has 0 saturated heterocycles. The molecule has 6 heterocycles. The normalized spacial score (nSPS) is 12.1. The molecule has 7 heteroatoms. The summed E-state index contributed by atoms with van der Waals surface area (Å²) in [4.78, 5) is 20.8. The largest absolute Gasteiger partial charge is 0.355 e. The fourth-order valence-corrected chi connectivity index (χ4v) is 4.22. The maximum Gasteiger partial charge on any atom is 0.125 e. The molecule has 2 aliphatic rings. The van der Waals surface area contributed by atoms with Crippen LogP contribution in [0.5, 0.6) is 0 Å². The average Bonchev–Trinajstić information content (AvgIpc) is 3.50. The maximum atomic E-state index is 4.74. The Labute approximate surface area is 189 Å². The first kappa shape index (κ1) is 18.9. The van der Waals surface area contributed by atoms with E-state index >= 15 is 0 Å². The summed E-state index contributed by atoms with van der Waals surface area (Å²) in [6.45, 7) is 0. The van der Waals surface area contributed by atoms with Crippen molar-refractivity contribution in [2.75, 3.05) is 0 Å². The molecule has 0 atom stereocenters. The van der Waals surface area contributed by atoms with Crippen LogP contribution in [0.15, 0.2) is 54.0 Å². The summed E-state index contributed by atoms with van der Waals surface area (Å²) in [5, 5.41) is 2.97. The molecule has 2 aliphatic heterocycles. The van der Waals surface area contributed by atoms with Crippen molar-refractivity contribution in [3.63, 3.8) is 0 Å². The van der Waals surface area contributed by atoms with Crippen molar-refractivity contribution in [3.8, 4) is 10.6 Å². The average molecular weight is 459 g/mol. The first-order valence-corrected chi connectivity index (χ1v) is 10.1. The van der Waals surface area contributed by atoms with Crippen molar-refractivity contribution in [3.05, 3.63) is 76.8 Å². The topological polar surface area (TPSA) is 70.2 Å². The standard InChI is InChI=1S/C23H15N5S.Zn/c1-2-15-10-17-5-6-19(27-17)13-22-21(23-24-7-8-29-23)12-20(28-22)11-18-4-3-16(26-18)9-14(1)25-15;/h1-13,25,28H;. The fourth-order valence-electron chi connectivity index (χ4n) is 3.55. The van der Waals surface area contributed by atoms with Crippen LogP contribution in [-0.2, 0) is 19.5 Å². The zero-order valence-corrected chi connectivity index (χ0v) is 19.7. The predicted octanol–water partition coefficient (Wildman–Crippen LogP) is 5.78. The van der Waals surface area contributed by atoms with Gasteiger partial charge in [0.25, 0.3) is 0 Å². The molecule has 0 amide bonds. The van der Waals surface area contributed by atoms with Crippen molar-refractivity contribution >= 4 is 57.7 Å². The number of aromatic nitrogens is 5. The van der Waals surface area contributed by atoms with E-state index in [1.165, 1.54) is 0 Å². The third-order valence-corrected chi connectivity index (χ3v) is 5.64. The zero-order valence-electron chi connectivity index (χ0n) is 16.0. The van der Waals surface area contributed by atoms with E-state index < -0.39 is 0 Å². The SMILES string of the molecule is C1=Cc2cc3cc(-c4nccs4)c(cc4nc(cc5ccc(cc1n2)[nH]5)C=C4)[nH]3.[Zn]. The minimum atomic E-state index is 0. The van der Waals surface area contributed by atoms with Crippen molar-refractivity contribution in [1.82, 2.24) is 24.9 Å². The van der Waals surface area contributed by atoms with Crippen molar-refractivity contribution in [1.29, 1.82) is 0 Å². The molecule has 0 aliphatic carbocycles. The Morgan fingerprint density at radius 1 is 0.667 bits per heavy atom. The van der Waals surface area contributed by atoms with Gasteiger partial charge in [-0.2, -0.15) is 0 Å². The summed E-state index contributed by atoms with van der Waals surface area (Å²) in [5.41, 5.74) is 8.72. The first-order chi connectivity index (χ1) is 14.3. The van der Waals surface area contributed by atoms with Gasteiger partial charge in [-0.15, -0.1) is 11.3 Å². The van der Waals surface area contributed by atoms with Gasteiger partial charge in [-0.1, -0.05) is 0 Å². The molecule has 4 aromatic rings.